The second-order valence-electron chi connectivity index (χ2n) is 3.44. The number of nitrogens with zero attached hydrogens (tertiary/aromatic N) is 3. The predicted molar refractivity (Wildman–Crippen MR) is 59.7 cm³/mol. The molecule has 0 radical (unpaired) electrons. The zero-order valence-electron chi connectivity index (χ0n) is 9.45. The second kappa shape index (κ2) is 4.80. The standard InChI is InChI=1S/C10H10N4O4/c1-18-5-6-4-8(15)12-10(11-6)14-3-2-7(13-14)9(16)17/h2-4H,5H2,1H3,(H,16,17)(H,11,12,15). The van der Waals surface area contributed by atoms with Crippen LogP contribution in [0.2, 0.25) is 0 Å². The summed E-state index contributed by atoms with van der Waals surface area (Å²) < 4.78 is 6.06. The van der Waals surface area contributed by atoms with Gasteiger partial charge in [0.25, 0.3) is 5.56 Å². The van der Waals surface area contributed by atoms with Gasteiger partial charge < -0.3 is 9.84 Å². The molecule has 2 N–H and O–H groups in total. The molecule has 18 heavy (non-hydrogen) atoms. The molecule has 2 rings (SSSR count). The molecule has 2 aromatic heterocycles. The molecule has 0 saturated carbocycles. The van der Waals surface area contributed by atoms with Gasteiger partial charge in [0.1, 0.15) is 0 Å². The molecular weight excluding hydrogens is 240 g/mol. The lowest BCUT2D eigenvalue weighted by Crippen LogP contribution is -2.15. The van der Waals surface area contributed by atoms with E-state index in [1.807, 2.05) is 0 Å². The molecule has 8 nitrogen and oxygen atoms in total. The van der Waals surface area contributed by atoms with Gasteiger partial charge in [-0.3, -0.25) is 9.78 Å². The van der Waals surface area contributed by atoms with Crippen LogP contribution in [0, 0.1) is 0 Å². The number of aromatic carboxylic acids is 1. The molecule has 0 unspecified atom stereocenters. The van der Waals surface area contributed by atoms with Crippen LogP contribution in [0.25, 0.3) is 5.95 Å². The minimum Gasteiger partial charge on any atom is -0.476 e. The highest BCUT2D eigenvalue weighted by Gasteiger charge is 2.09. The Bertz CT molecular complexity index is 631. The van der Waals surface area contributed by atoms with E-state index in [9.17, 15) is 9.59 Å². The molecule has 0 aromatic carbocycles. The van der Waals surface area contributed by atoms with Crippen molar-refractivity contribution in [1.29, 1.82) is 0 Å². The number of carbonyl (C=O) groups is 1. The van der Waals surface area contributed by atoms with Gasteiger partial charge in [-0.2, -0.15) is 5.10 Å². The maximum atomic E-state index is 11.4. The summed E-state index contributed by atoms with van der Waals surface area (Å²) in [6.45, 7) is 0.185. The molecule has 0 aliphatic carbocycles. The largest absolute Gasteiger partial charge is 0.476 e. The van der Waals surface area contributed by atoms with Gasteiger partial charge >= 0.3 is 5.97 Å². The van der Waals surface area contributed by atoms with E-state index in [1.54, 1.807) is 0 Å². The number of carboxylic acids is 1. The number of hydrogen-bond acceptors (Lipinski definition) is 5. The van der Waals surface area contributed by atoms with Crippen LogP contribution >= 0.6 is 0 Å². The normalized spacial score (nSPS) is 10.5. The van der Waals surface area contributed by atoms with Crippen molar-refractivity contribution in [1.82, 2.24) is 19.7 Å². The van der Waals surface area contributed by atoms with Crippen LogP contribution in [-0.2, 0) is 11.3 Å². The van der Waals surface area contributed by atoms with E-state index >= 15 is 0 Å². The predicted octanol–water partition coefficient (Wildman–Crippen LogP) is -0.200. The number of aromatic nitrogens is 4. The summed E-state index contributed by atoms with van der Waals surface area (Å²) in [5, 5.41) is 12.5. The third-order valence-corrected chi connectivity index (χ3v) is 2.10. The van der Waals surface area contributed by atoms with E-state index in [0.717, 1.165) is 0 Å². The number of rotatable bonds is 4. The number of aromatic amines is 1. The Morgan fingerprint density at radius 3 is 3.00 bits per heavy atom. The first-order chi connectivity index (χ1) is 8.60. The van der Waals surface area contributed by atoms with Gasteiger partial charge in [-0.05, 0) is 6.07 Å². The van der Waals surface area contributed by atoms with Crippen molar-refractivity contribution >= 4 is 5.97 Å². The average molecular weight is 250 g/mol. The third-order valence-electron chi connectivity index (χ3n) is 2.10. The van der Waals surface area contributed by atoms with Crippen molar-refractivity contribution in [3.8, 4) is 5.95 Å². The zero-order valence-corrected chi connectivity index (χ0v) is 9.45. The van der Waals surface area contributed by atoms with Crippen LogP contribution in [0.5, 0.6) is 0 Å². The lowest BCUT2D eigenvalue weighted by atomic mass is 10.4. The van der Waals surface area contributed by atoms with Crippen LogP contribution in [0.3, 0.4) is 0 Å². The van der Waals surface area contributed by atoms with E-state index in [0.29, 0.717) is 5.69 Å². The van der Waals surface area contributed by atoms with Gasteiger partial charge in [-0.15, -0.1) is 0 Å². The van der Waals surface area contributed by atoms with E-state index < -0.39 is 5.97 Å². The van der Waals surface area contributed by atoms with E-state index in [1.165, 1.54) is 30.1 Å². The smallest absolute Gasteiger partial charge is 0.356 e. The van der Waals surface area contributed by atoms with Gasteiger partial charge in [0.05, 0.1) is 12.3 Å². The zero-order chi connectivity index (χ0) is 13.1. The fourth-order valence-electron chi connectivity index (χ4n) is 1.38. The van der Waals surface area contributed by atoms with E-state index in [-0.39, 0.29) is 23.8 Å². The van der Waals surface area contributed by atoms with Crippen LogP contribution < -0.4 is 5.56 Å². The molecule has 0 aliphatic heterocycles. The Morgan fingerprint density at radius 1 is 1.61 bits per heavy atom. The van der Waals surface area contributed by atoms with E-state index in [4.69, 9.17) is 9.84 Å². The summed E-state index contributed by atoms with van der Waals surface area (Å²) in [7, 11) is 1.49. The Labute approximate surface area is 101 Å². The Kier molecular flexibility index (Phi) is 3.20. The molecule has 94 valence electrons. The fraction of sp³-hybridized carbons (Fsp3) is 0.200. The molecule has 0 fully saturated rings. The van der Waals surface area contributed by atoms with Crippen molar-refractivity contribution in [2.45, 2.75) is 6.61 Å². The van der Waals surface area contributed by atoms with Crippen molar-refractivity contribution in [3.05, 3.63) is 40.1 Å². The molecule has 0 aliphatic rings. The number of nitrogens with one attached hydrogen (secondary N) is 1. The summed E-state index contributed by atoms with van der Waals surface area (Å²) in [5.41, 5.74) is -0.0576. The summed E-state index contributed by atoms with van der Waals surface area (Å²) in [5.74, 6) is -1.01. The summed E-state index contributed by atoms with van der Waals surface area (Å²) in [6, 6.07) is 2.61. The van der Waals surface area contributed by atoms with Crippen molar-refractivity contribution in [2.75, 3.05) is 7.11 Å². The second-order valence-corrected chi connectivity index (χ2v) is 3.44. The minimum absolute atomic E-state index is 0.130. The highest BCUT2D eigenvalue weighted by molar-refractivity contribution is 5.85. The molecule has 2 heterocycles. The van der Waals surface area contributed by atoms with Crippen molar-refractivity contribution in [2.24, 2.45) is 0 Å². The Balaban J connectivity index is 2.42. The van der Waals surface area contributed by atoms with Crippen LogP contribution in [0.15, 0.2) is 23.1 Å². The van der Waals surface area contributed by atoms with Gasteiger partial charge in [-0.25, -0.2) is 14.5 Å². The molecule has 8 heteroatoms. The Morgan fingerprint density at radius 2 is 2.39 bits per heavy atom. The van der Waals surface area contributed by atoms with Gasteiger partial charge in [-0.1, -0.05) is 0 Å². The Hall–Kier alpha value is -2.48. The summed E-state index contributed by atoms with van der Waals surface area (Å²) in [4.78, 5) is 28.6. The lowest BCUT2D eigenvalue weighted by Gasteiger charge is -2.02. The van der Waals surface area contributed by atoms with Crippen LogP contribution in [0.1, 0.15) is 16.2 Å². The quantitative estimate of drug-likeness (QED) is 0.777. The third kappa shape index (κ3) is 2.43. The van der Waals surface area contributed by atoms with Gasteiger partial charge in [0.15, 0.2) is 5.69 Å². The van der Waals surface area contributed by atoms with Crippen molar-refractivity contribution in [3.63, 3.8) is 0 Å². The highest BCUT2D eigenvalue weighted by atomic mass is 16.5. The number of carboxylic acid groups (broad SMARTS) is 1. The van der Waals surface area contributed by atoms with Crippen LogP contribution in [-0.4, -0.2) is 37.9 Å². The molecule has 0 amide bonds. The molecule has 2 aromatic rings. The van der Waals surface area contributed by atoms with E-state index in [2.05, 4.69) is 15.1 Å². The van der Waals surface area contributed by atoms with Crippen LogP contribution in [0.4, 0.5) is 0 Å². The molecule has 0 saturated heterocycles. The lowest BCUT2D eigenvalue weighted by molar-refractivity contribution is 0.0690. The molecule has 0 atom stereocenters. The topological polar surface area (TPSA) is 110 Å². The molecule has 0 bridgehead atoms. The summed E-state index contributed by atoms with van der Waals surface area (Å²) in [6.07, 6.45) is 1.40. The number of hydrogen-bond donors (Lipinski definition) is 2. The first-order valence-corrected chi connectivity index (χ1v) is 4.98. The average Bonchev–Trinajstić information content (AvgIpc) is 2.78. The monoisotopic (exact) mass is 250 g/mol. The maximum absolute atomic E-state index is 11.4. The molecule has 0 spiro atoms. The number of ether oxygens (including phenoxy) is 1. The van der Waals surface area contributed by atoms with Gasteiger partial charge in [0.2, 0.25) is 5.95 Å². The molecular formula is C10H10N4O4. The first kappa shape index (κ1) is 12.0. The highest BCUT2D eigenvalue weighted by Crippen LogP contribution is 2.02. The van der Waals surface area contributed by atoms with Gasteiger partial charge in [0, 0.05) is 19.4 Å². The SMILES string of the molecule is COCc1cc(=O)[nH]c(-n2ccc(C(=O)O)n2)n1. The fourth-order valence-corrected chi connectivity index (χ4v) is 1.38. The maximum Gasteiger partial charge on any atom is 0.356 e. The minimum atomic E-state index is -1.15. The number of H-pyrrole nitrogens is 1. The first-order valence-electron chi connectivity index (χ1n) is 4.98. The van der Waals surface area contributed by atoms with Crippen molar-refractivity contribution < 1.29 is 14.6 Å². The summed E-state index contributed by atoms with van der Waals surface area (Å²) >= 11 is 0. The number of methoxy groups -OCH3 is 1.